The molecule has 128 valence electrons. The Hall–Kier alpha value is -1.00. The van der Waals surface area contributed by atoms with Crippen LogP contribution in [-0.2, 0) is 13.0 Å². The molecular weight excluding hydrogens is 534 g/mol. The van der Waals surface area contributed by atoms with Crippen molar-refractivity contribution in [2.24, 2.45) is 0 Å². The Balaban J connectivity index is 2.17. The summed E-state index contributed by atoms with van der Waals surface area (Å²) in [6.07, 6.45) is 1.47. The average Bonchev–Trinajstić information content (AvgIpc) is 2.57. The minimum absolute atomic E-state index is 0.118. The zero-order valence-electron chi connectivity index (χ0n) is 13.1. The van der Waals surface area contributed by atoms with E-state index in [1.165, 1.54) is 7.11 Å². The molecule has 0 saturated carbocycles. The number of halogens is 2. The highest BCUT2D eigenvalue weighted by Gasteiger charge is 2.11. The Kier molecular flexibility index (Phi) is 6.76. The number of aromatic hydroxyl groups is 2. The third-order valence-electron chi connectivity index (χ3n) is 3.74. The van der Waals surface area contributed by atoms with Crippen LogP contribution in [-0.4, -0.2) is 22.4 Å². The number of allylic oxidation sites excluding steroid dienone is 1. The number of phenolic OH excluding ortho intramolecular Hbond substituents is 1. The van der Waals surface area contributed by atoms with E-state index in [0.717, 1.165) is 33.1 Å². The Labute approximate surface area is 168 Å². The van der Waals surface area contributed by atoms with Gasteiger partial charge in [-0.25, -0.2) is 0 Å². The third kappa shape index (κ3) is 4.34. The minimum atomic E-state index is -0.212. The summed E-state index contributed by atoms with van der Waals surface area (Å²) >= 11 is 4.12. The molecule has 0 saturated heterocycles. The third-order valence-corrected chi connectivity index (χ3v) is 5.39. The molecule has 2 rings (SSSR count). The van der Waals surface area contributed by atoms with Gasteiger partial charge in [-0.1, -0.05) is 6.58 Å². The number of rotatable bonds is 6. The van der Waals surface area contributed by atoms with Crippen molar-refractivity contribution >= 4 is 50.8 Å². The van der Waals surface area contributed by atoms with Crippen LogP contribution < -0.4 is 4.74 Å². The van der Waals surface area contributed by atoms with Crippen LogP contribution in [0.3, 0.4) is 0 Å². The largest absolute Gasteiger partial charge is 0.506 e. The van der Waals surface area contributed by atoms with Gasteiger partial charge >= 0.3 is 0 Å². The highest BCUT2D eigenvalue weighted by atomic mass is 127. The van der Waals surface area contributed by atoms with Crippen LogP contribution >= 0.6 is 45.2 Å². The Morgan fingerprint density at radius 2 is 1.75 bits per heavy atom. The lowest BCUT2D eigenvalue weighted by atomic mass is 9.98. The molecule has 0 bridgehead atoms. The summed E-state index contributed by atoms with van der Waals surface area (Å²) < 4.78 is 6.62. The van der Waals surface area contributed by atoms with Crippen molar-refractivity contribution in [2.75, 3.05) is 7.11 Å². The van der Waals surface area contributed by atoms with E-state index in [-0.39, 0.29) is 18.1 Å². The van der Waals surface area contributed by atoms with Crippen LogP contribution in [0.15, 0.2) is 30.8 Å². The lowest BCUT2D eigenvalue weighted by Crippen LogP contribution is -1.95. The predicted octanol–water partition coefficient (Wildman–Crippen LogP) is 4.45. The number of aliphatic hydroxyl groups excluding tert-OH is 1. The van der Waals surface area contributed by atoms with Gasteiger partial charge in [-0.05, 0) is 99.0 Å². The van der Waals surface area contributed by atoms with Gasteiger partial charge in [-0.2, -0.15) is 0 Å². The van der Waals surface area contributed by atoms with Crippen molar-refractivity contribution in [1.82, 2.24) is 0 Å². The van der Waals surface area contributed by atoms with E-state index in [1.54, 1.807) is 6.07 Å². The number of hydrogen-bond donors (Lipinski definition) is 3. The van der Waals surface area contributed by atoms with Gasteiger partial charge in [-0.15, -0.1) is 0 Å². The van der Waals surface area contributed by atoms with E-state index in [0.29, 0.717) is 14.9 Å². The van der Waals surface area contributed by atoms with E-state index in [9.17, 15) is 15.3 Å². The van der Waals surface area contributed by atoms with Crippen molar-refractivity contribution < 1.29 is 20.1 Å². The summed E-state index contributed by atoms with van der Waals surface area (Å²) in [4.78, 5) is 0. The standard InChI is InChI=1S/C18H18I2O4/c1-10(12-7-13(9-21)17(22)15(20)8-12)3-4-11-5-14(19)18(23)16(6-11)24-2/h5-8,21-23H,1,3-4,9H2,2H3. The van der Waals surface area contributed by atoms with Gasteiger partial charge in [0.05, 0.1) is 20.9 Å². The molecule has 0 unspecified atom stereocenters. The van der Waals surface area contributed by atoms with Crippen molar-refractivity contribution in [2.45, 2.75) is 19.4 Å². The van der Waals surface area contributed by atoms with Crippen molar-refractivity contribution in [3.05, 3.63) is 54.7 Å². The normalized spacial score (nSPS) is 10.7. The Bertz CT molecular complexity index is 772. The summed E-state index contributed by atoms with van der Waals surface area (Å²) in [5, 5.41) is 29.1. The molecule has 2 aromatic carbocycles. The maximum Gasteiger partial charge on any atom is 0.171 e. The molecule has 0 spiro atoms. The van der Waals surface area contributed by atoms with Crippen LogP contribution in [0, 0.1) is 7.14 Å². The maximum absolute atomic E-state index is 9.89. The number of ether oxygens (including phenoxy) is 1. The molecule has 0 aliphatic carbocycles. The smallest absolute Gasteiger partial charge is 0.171 e. The fourth-order valence-corrected chi connectivity index (χ4v) is 3.70. The molecule has 0 aliphatic heterocycles. The quantitative estimate of drug-likeness (QED) is 0.464. The molecule has 0 atom stereocenters. The first-order chi connectivity index (χ1) is 11.4. The molecule has 3 N–H and O–H groups in total. The Morgan fingerprint density at radius 3 is 2.38 bits per heavy atom. The first-order valence-corrected chi connectivity index (χ1v) is 9.38. The van der Waals surface area contributed by atoms with Crippen LogP contribution in [0.2, 0.25) is 0 Å². The van der Waals surface area contributed by atoms with Gasteiger partial charge in [0.2, 0.25) is 0 Å². The fraction of sp³-hybridized carbons (Fsp3) is 0.222. The summed E-state index contributed by atoms with van der Waals surface area (Å²) in [6, 6.07) is 7.37. The van der Waals surface area contributed by atoms with Gasteiger partial charge in [0.25, 0.3) is 0 Å². The molecular formula is C18H18I2O4. The molecule has 0 fully saturated rings. The topological polar surface area (TPSA) is 69.9 Å². The lowest BCUT2D eigenvalue weighted by molar-refractivity contribution is 0.275. The first kappa shape index (κ1) is 19.3. The van der Waals surface area contributed by atoms with E-state index in [2.05, 4.69) is 29.2 Å². The lowest BCUT2D eigenvalue weighted by Gasteiger charge is -2.12. The van der Waals surface area contributed by atoms with Crippen molar-refractivity contribution in [3.8, 4) is 17.2 Å². The van der Waals surface area contributed by atoms with Crippen LogP contribution in [0.25, 0.3) is 5.57 Å². The summed E-state index contributed by atoms with van der Waals surface area (Å²) in [7, 11) is 1.53. The molecule has 0 amide bonds. The zero-order valence-corrected chi connectivity index (χ0v) is 17.5. The first-order valence-electron chi connectivity index (χ1n) is 7.23. The molecule has 24 heavy (non-hydrogen) atoms. The summed E-state index contributed by atoms with van der Waals surface area (Å²) in [5.41, 5.74) is 3.37. The number of aliphatic hydroxyl groups is 1. The molecule has 0 radical (unpaired) electrons. The van der Waals surface area contributed by atoms with Crippen LogP contribution in [0.4, 0.5) is 0 Å². The zero-order chi connectivity index (χ0) is 17.9. The second kappa shape index (κ2) is 8.39. The van der Waals surface area contributed by atoms with E-state index in [4.69, 9.17) is 4.74 Å². The number of phenols is 2. The number of benzene rings is 2. The molecule has 0 aliphatic rings. The second-order valence-corrected chi connectivity index (χ2v) is 7.68. The highest BCUT2D eigenvalue weighted by Crippen LogP contribution is 2.34. The second-order valence-electron chi connectivity index (χ2n) is 5.36. The number of hydrogen-bond acceptors (Lipinski definition) is 4. The minimum Gasteiger partial charge on any atom is -0.506 e. The average molecular weight is 552 g/mol. The molecule has 2 aromatic rings. The summed E-state index contributed by atoms with van der Waals surface area (Å²) in [5.74, 6) is 0.734. The van der Waals surface area contributed by atoms with Gasteiger partial charge in [0.1, 0.15) is 5.75 Å². The van der Waals surface area contributed by atoms with Gasteiger partial charge < -0.3 is 20.1 Å². The molecule has 0 heterocycles. The Morgan fingerprint density at radius 1 is 1.08 bits per heavy atom. The number of aryl methyl sites for hydroxylation is 1. The van der Waals surface area contributed by atoms with E-state index in [1.807, 2.05) is 40.8 Å². The van der Waals surface area contributed by atoms with E-state index >= 15 is 0 Å². The number of methoxy groups -OCH3 is 1. The van der Waals surface area contributed by atoms with Gasteiger partial charge in [0, 0.05) is 5.56 Å². The highest BCUT2D eigenvalue weighted by molar-refractivity contribution is 14.1. The van der Waals surface area contributed by atoms with Gasteiger partial charge in [-0.3, -0.25) is 0 Å². The molecule has 0 aromatic heterocycles. The molecule has 6 heteroatoms. The monoisotopic (exact) mass is 552 g/mol. The van der Waals surface area contributed by atoms with Crippen molar-refractivity contribution in [3.63, 3.8) is 0 Å². The summed E-state index contributed by atoms with van der Waals surface area (Å²) in [6.45, 7) is 3.91. The van der Waals surface area contributed by atoms with Gasteiger partial charge in [0.15, 0.2) is 11.5 Å². The van der Waals surface area contributed by atoms with E-state index < -0.39 is 0 Å². The molecule has 4 nitrogen and oxygen atoms in total. The van der Waals surface area contributed by atoms with Crippen LogP contribution in [0.5, 0.6) is 17.2 Å². The van der Waals surface area contributed by atoms with Crippen LogP contribution in [0.1, 0.15) is 23.1 Å². The fourth-order valence-electron chi connectivity index (χ4n) is 2.35. The maximum atomic E-state index is 9.89. The SMILES string of the molecule is C=C(CCc1cc(I)c(O)c(OC)c1)c1cc(I)c(O)c(CO)c1. The predicted molar refractivity (Wildman–Crippen MR) is 111 cm³/mol. The van der Waals surface area contributed by atoms with Crippen molar-refractivity contribution in [1.29, 1.82) is 0 Å².